The molecule has 0 saturated carbocycles. The van der Waals surface area contributed by atoms with E-state index in [1.54, 1.807) is 11.1 Å². The minimum Gasteiger partial charge on any atom is -0.378 e. The van der Waals surface area contributed by atoms with Gasteiger partial charge in [0.2, 0.25) is 0 Å². The zero-order chi connectivity index (χ0) is 14.5. The van der Waals surface area contributed by atoms with Crippen LogP contribution in [-0.4, -0.2) is 0 Å². The molecule has 2 aromatic rings. The first-order valence-corrected chi connectivity index (χ1v) is 8.30. The quantitative estimate of drug-likeness (QED) is 0.734. The molecule has 1 heteroatoms. The van der Waals surface area contributed by atoms with Crippen molar-refractivity contribution in [3.05, 3.63) is 65.2 Å². The number of rotatable bonds is 6. The molecular weight excluding hydrogens is 254 g/mol. The molecule has 3 rings (SSSR count). The average Bonchev–Trinajstić information content (AvgIpc) is 3.00. The van der Waals surface area contributed by atoms with Gasteiger partial charge in [-0.1, -0.05) is 56.2 Å². The van der Waals surface area contributed by atoms with Gasteiger partial charge in [-0.15, -0.1) is 0 Å². The summed E-state index contributed by atoms with van der Waals surface area (Å²) in [5.41, 5.74) is 5.76. The number of aryl methyl sites for hydroxylation is 2. The molecule has 0 fully saturated rings. The van der Waals surface area contributed by atoms with Gasteiger partial charge >= 0.3 is 0 Å². The third kappa shape index (κ3) is 3.47. The maximum Gasteiger partial charge on any atom is 0.0513 e. The van der Waals surface area contributed by atoms with Crippen LogP contribution in [0.5, 0.6) is 0 Å². The molecule has 0 aliphatic heterocycles. The highest BCUT2D eigenvalue weighted by molar-refractivity contribution is 5.51. The fraction of sp³-hybridized carbons (Fsp3) is 0.400. The molecule has 1 N–H and O–H groups in total. The van der Waals surface area contributed by atoms with Gasteiger partial charge in [0.25, 0.3) is 0 Å². The van der Waals surface area contributed by atoms with Crippen molar-refractivity contribution >= 4 is 5.69 Å². The Labute approximate surface area is 128 Å². The van der Waals surface area contributed by atoms with Gasteiger partial charge in [0.05, 0.1) is 6.04 Å². The second-order valence-electron chi connectivity index (χ2n) is 6.09. The lowest BCUT2D eigenvalue weighted by atomic mass is 10.0. The largest absolute Gasteiger partial charge is 0.378 e. The van der Waals surface area contributed by atoms with Crippen molar-refractivity contribution in [1.82, 2.24) is 0 Å². The van der Waals surface area contributed by atoms with Crippen LogP contribution in [0.3, 0.4) is 0 Å². The second kappa shape index (κ2) is 6.80. The van der Waals surface area contributed by atoms with E-state index < -0.39 is 0 Å². The number of unbranched alkanes of at least 4 members (excludes halogenated alkanes) is 1. The zero-order valence-electron chi connectivity index (χ0n) is 12.9. The van der Waals surface area contributed by atoms with Crippen molar-refractivity contribution in [3.8, 4) is 0 Å². The van der Waals surface area contributed by atoms with E-state index in [-0.39, 0.29) is 0 Å². The van der Waals surface area contributed by atoms with Gasteiger partial charge in [0.1, 0.15) is 0 Å². The van der Waals surface area contributed by atoms with Crippen molar-refractivity contribution in [2.75, 3.05) is 5.32 Å². The van der Waals surface area contributed by atoms with Gasteiger partial charge in [-0.3, -0.25) is 0 Å². The van der Waals surface area contributed by atoms with Crippen LogP contribution in [0.25, 0.3) is 0 Å². The molecule has 1 nitrogen and oxygen atoms in total. The van der Waals surface area contributed by atoms with E-state index in [1.807, 2.05) is 0 Å². The lowest BCUT2D eigenvalue weighted by molar-refractivity contribution is 0.634. The van der Waals surface area contributed by atoms with Crippen LogP contribution in [0.1, 0.15) is 55.3 Å². The first kappa shape index (κ1) is 14.2. The molecule has 0 heterocycles. The van der Waals surface area contributed by atoms with Crippen molar-refractivity contribution in [2.45, 2.75) is 51.5 Å². The predicted molar refractivity (Wildman–Crippen MR) is 90.8 cm³/mol. The summed E-state index contributed by atoms with van der Waals surface area (Å²) < 4.78 is 0. The summed E-state index contributed by atoms with van der Waals surface area (Å²) in [7, 11) is 0. The Hall–Kier alpha value is -1.76. The van der Waals surface area contributed by atoms with E-state index in [9.17, 15) is 0 Å². The number of nitrogens with one attached hydrogen (secondary N) is 1. The Kier molecular flexibility index (Phi) is 4.59. The number of anilines is 1. The highest BCUT2D eigenvalue weighted by Crippen LogP contribution is 2.29. The number of benzene rings is 2. The summed E-state index contributed by atoms with van der Waals surface area (Å²) in [5.74, 6) is 0. The molecule has 110 valence electrons. The topological polar surface area (TPSA) is 12.0 Å². The van der Waals surface area contributed by atoms with E-state index in [0.29, 0.717) is 6.04 Å². The Balaban J connectivity index is 1.77. The van der Waals surface area contributed by atoms with E-state index in [2.05, 4.69) is 60.8 Å². The fourth-order valence-electron chi connectivity index (χ4n) is 3.28. The first-order chi connectivity index (χ1) is 10.4. The average molecular weight is 279 g/mol. The highest BCUT2D eigenvalue weighted by atomic mass is 14.9. The van der Waals surface area contributed by atoms with Crippen molar-refractivity contribution in [2.24, 2.45) is 0 Å². The van der Waals surface area contributed by atoms with Crippen molar-refractivity contribution < 1.29 is 0 Å². The van der Waals surface area contributed by atoms with Crippen LogP contribution < -0.4 is 5.32 Å². The Bertz CT molecular complexity index is 574. The van der Waals surface area contributed by atoms with Crippen LogP contribution in [0.4, 0.5) is 5.69 Å². The van der Waals surface area contributed by atoms with Crippen molar-refractivity contribution in [1.29, 1.82) is 0 Å². The molecule has 0 amide bonds. The highest BCUT2D eigenvalue weighted by Gasteiger charge is 2.14. The summed E-state index contributed by atoms with van der Waals surface area (Å²) in [6, 6.07) is 18.2. The number of hydrogen-bond acceptors (Lipinski definition) is 1. The third-order valence-corrected chi connectivity index (χ3v) is 4.49. The van der Waals surface area contributed by atoms with E-state index >= 15 is 0 Å². The lowest BCUT2D eigenvalue weighted by Crippen LogP contribution is -2.11. The summed E-state index contributed by atoms with van der Waals surface area (Å²) in [5, 5.41) is 3.76. The zero-order valence-corrected chi connectivity index (χ0v) is 12.9. The molecule has 2 aromatic carbocycles. The first-order valence-electron chi connectivity index (χ1n) is 8.30. The molecule has 1 aliphatic rings. The van der Waals surface area contributed by atoms with Crippen molar-refractivity contribution in [3.63, 3.8) is 0 Å². The van der Waals surface area contributed by atoms with Crippen LogP contribution in [0, 0.1) is 0 Å². The molecule has 1 atom stereocenters. The van der Waals surface area contributed by atoms with Gasteiger partial charge in [-0.25, -0.2) is 0 Å². The molecule has 0 bridgehead atoms. The molecule has 0 saturated heterocycles. The minimum atomic E-state index is 0.422. The predicted octanol–water partition coefficient (Wildman–Crippen LogP) is 5.52. The Morgan fingerprint density at radius 1 is 1.00 bits per heavy atom. The maximum absolute atomic E-state index is 3.76. The standard InChI is InChI=1S/C20H25N/c1-2-3-12-20(17-8-5-4-6-9-17)21-19-14-13-16-10-7-11-18(16)15-19/h4-6,8-9,13-15,20-21H,2-3,7,10-12H2,1H3. The number of hydrogen-bond donors (Lipinski definition) is 1. The second-order valence-corrected chi connectivity index (χ2v) is 6.09. The third-order valence-electron chi connectivity index (χ3n) is 4.49. The minimum absolute atomic E-state index is 0.422. The molecule has 0 aromatic heterocycles. The van der Waals surface area contributed by atoms with Gasteiger partial charge in [0.15, 0.2) is 0 Å². The SMILES string of the molecule is CCCCC(Nc1ccc2c(c1)CCC2)c1ccccc1. The van der Waals surface area contributed by atoms with E-state index in [4.69, 9.17) is 0 Å². The van der Waals surface area contributed by atoms with E-state index in [0.717, 1.165) is 0 Å². The van der Waals surface area contributed by atoms with Gasteiger partial charge in [0, 0.05) is 5.69 Å². The molecule has 1 aliphatic carbocycles. The molecule has 0 radical (unpaired) electrons. The summed E-state index contributed by atoms with van der Waals surface area (Å²) in [4.78, 5) is 0. The Morgan fingerprint density at radius 3 is 2.62 bits per heavy atom. The maximum atomic E-state index is 3.76. The van der Waals surface area contributed by atoms with Crippen LogP contribution >= 0.6 is 0 Å². The van der Waals surface area contributed by atoms with Gasteiger partial charge in [-0.2, -0.15) is 0 Å². The smallest absolute Gasteiger partial charge is 0.0513 e. The number of fused-ring (bicyclic) bond motifs is 1. The summed E-state index contributed by atoms with van der Waals surface area (Å²) in [6.45, 7) is 2.26. The molecule has 0 spiro atoms. The molecular formula is C20H25N. The van der Waals surface area contributed by atoms with Crippen LogP contribution in [-0.2, 0) is 12.8 Å². The fourth-order valence-corrected chi connectivity index (χ4v) is 3.28. The monoisotopic (exact) mass is 279 g/mol. The molecule has 21 heavy (non-hydrogen) atoms. The van der Waals surface area contributed by atoms with Gasteiger partial charge in [-0.05, 0) is 54.5 Å². The normalized spacial score (nSPS) is 14.7. The molecule has 1 unspecified atom stereocenters. The van der Waals surface area contributed by atoms with E-state index in [1.165, 1.54) is 49.8 Å². The van der Waals surface area contributed by atoms with Crippen LogP contribution in [0.15, 0.2) is 48.5 Å². The van der Waals surface area contributed by atoms with Crippen LogP contribution in [0.2, 0.25) is 0 Å². The van der Waals surface area contributed by atoms with Gasteiger partial charge < -0.3 is 5.32 Å². The summed E-state index contributed by atoms with van der Waals surface area (Å²) >= 11 is 0. The lowest BCUT2D eigenvalue weighted by Gasteiger charge is -2.21. The Morgan fingerprint density at radius 2 is 1.81 bits per heavy atom. The summed E-state index contributed by atoms with van der Waals surface area (Å²) in [6.07, 6.45) is 7.52.